The molecule has 1 aliphatic rings. The van der Waals surface area contributed by atoms with E-state index >= 15 is 0 Å². The molecule has 0 unspecified atom stereocenters. The maximum atomic E-state index is 11.9. The summed E-state index contributed by atoms with van der Waals surface area (Å²) in [7, 11) is 0. The van der Waals surface area contributed by atoms with Gasteiger partial charge >= 0.3 is 0 Å². The van der Waals surface area contributed by atoms with Gasteiger partial charge in [-0.15, -0.1) is 11.3 Å². The van der Waals surface area contributed by atoms with E-state index in [0.29, 0.717) is 13.2 Å². The molecule has 1 fully saturated rings. The second kappa shape index (κ2) is 8.71. The Morgan fingerprint density at radius 1 is 1.36 bits per heavy atom. The van der Waals surface area contributed by atoms with Crippen molar-refractivity contribution in [1.82, 2.24) is 15.2 Å². The summed E-state index contributed by atoms with van der Waals surface area (Å²) in [6.45, 7) is 7.87. The fourth-order valence-corrected chi connectivity index (χ4v) is 3.99. The van der Waals surface area contributed by atoms with Gasteiger partial charge in [-0.25, -0.2) is 4.98 Å². The van der Waals surface area contributed by atoms with Crippen molar-refractivity contribution in [3.8, 4) is 0 Å². The number of aromatic nitrogens is 1. The summed E-state index contributed by atoms with van der Waals surface area (Å²) in [5.74, 6) is -0.0875. The Morgan fingerprint density at radius 2 is 2.12 bits per heavy atom. The molecule has 0 spiro atoms. The Bertz CT molecular complexity index is 663. The van der Waals surface area contributed by atoms with E-state index in [1.807, 2.05) is 24.3 Å². The minimum absolute atomic E-state index is 0.0614. The molecule has 7 heteroatoms. The van der Waals surface area contributed by atoms with Crippen LogP contribution in [0.3, 0.4) is 0 Å². The predicted molar refractivity (Wildman–Crippen MR) is 98.7 cm³/mol. The molecule has 1 aliphatic heterocycles. The molecule has 2 heterocycles. The number of ether oxygens (including phenoxy) is 2. The zero-order valence-electron chi connectivity index (χ0n) is 14.7. The van der Waals surface area contributed by atoms with Gasteiger partial charge in [0.05, 0.1) is 29.0 Å². The number of thiazole rings is 1. The molecule has 3 rings (SSSR count). The standard InChI is InChI=1S/C18H25N3O3S/c1-13-9-21(10-14(2)24-13)8-7-19-17(22)11-23-12-18-20-15-5-3-4-6-16(15)25-18/h3-6,13-14H,7-12H2,1-2H3,(H,19,22)/t13-,14+. The summed E-state index contributed by atoms with van der Waals surface area (Å²) in [4.78, 5) is 18.7. The molecular formula is C18H25N3O3S. The summed E-state index contributed by atoms with van der Waals surface area (Å²) in [5.41, 5.74) is 0.976. The van der Waals surface area contributed by atoms with Crippen LogP contribution in [-0.2, 0) is 20.9 Å². The molecule has 1 aromatic carbocycles. The minimum atomic E-state index is -0.0875. The number of hydrogen-bond donors (Lipinski definition) is 1. The predicted octanol–water partition coefficient (Wildman–Crippen LogP) is 2.04. The van der Waals surface area contributed by atoms with E-state index < -0.39 is 0 Å². The molecule has 2 atom stereocenters. The van der Waals surface area contributed by atoms with Crippen molar-refractivity contribution in [2.45, 2.75) is 32.7 Å². The summed E-state index contributed by atoms with van der Waals surface area (Å²) in [5, 5.41) is 3.80. The first-order valence-electron chi connectivity index (χ1n) is 8.67. The van der Waals surface area contributed by atoms with Gasteiger partial charge in [0.1, 0.15) is 11.6 Å². The van der Waals surface area contributed by atoms with Crippen LogP contribution in [0, 0.1) is 0 Å². The number of para-hydroxylation sites is 1. The van der Waals surface area contributed by atoms with Gasteiger partial charge in [0, 0.05) is 26.2 Å². The van der Waals surface area contributed by atoms with E-state index in [1.165, 1.54) is 0 Å². The van der Waals surface area contributed by atoms with Gasteiger partial charge in [0.25, 0.3) is 0 Å². The number of carbonyl (C=O) groups excluding carboxylic acids is 1. The van der Waals surface area contributed by atoms with Crippen LogP contribution >= 0.6 is 11.3 Å². The quantitative estimate of drug-likeness (QED) is 0.816. The maximum Gasteiger partial charge on any atom is 0.246 e. The van der Waals surface area contributed by atoms with Crippen LogP contribution in [0.4, 0.5) is 0 Å². The molecule has 0 aliphatic carbocycles. The Morgan fingerprint density at radius 3 is 2.88 bits per heavy atom. The molecule has 0 radical (unpaired) electrons. The van der Waals surface area contributed by atoms with Crippen molar-refractivity contribution in [2.24, 2.45) is 0 Å². The number of hydrogen-bond acceptors (Lipinski definition) is 6. The Kier molecular flexibility index (Phi) is 6.36. The van der Waals surface area contributed by atoms with Crippen LogP contribution in [0.25, 0.3) is 10.2 Å². The summed E-state index contributed by atoms with van der Waals surface area (Å²) < 4.78 is 12.3. The number of amides is 1. The number of nitrogens with zero attached hydrogens (tertiary/aromatic N) is 2. The fraction of sp³-hybridized carbons (Fsp3) is 0.556. The monoisotopic (exact) mass is 363 g/mol. The average molecular weight is 363 g/mol. The van der Waals surface area contributed by atoms with Crippen LogP contribution in [0.1, 0.15) is 18.9 Å². The SMILES string of the molecule is C[C@@H]1CN(CCNC(=O)COCc2nc3ccccc3s2)C[C@H](C)O1. The number of rotatable bonds is 7. The van der Waals surface area contributed by atoms with Crippen LogP contribution < -0.4 is 5.32 Å². The van der Waals surface area contributed by atoms with Gasteiger partial charge in [-0.3, -0.25) is 9.69 Å². The van der Waals surface area contributed by atoms with Crippen molar-refractivity contribution < 1.29 is 14.3 Å². The highest BCUT2D eigenvalue weighted by atomic mass is 32.1. The minimum Gasteiger partial charge on any atom is -0.373 e. The van der Waals surface area contributed by atoms with E-state index in [4.69, 9.17) is 9.47 Å². The van der Waals surface area contributed by atoms with E-state index in [-0.39, 0.29) is 24.7 Å². The number of carbonyl (C=O) groups is 1. The van der Waals surface area contributed by atoms with E-state index in [9.17, 15) is 4.79 Å². The second-order valence-electron chi connectivity index (χ2n) is 6.43. The largest absolute Gasteiger partial charge is 0.373 e. The third-order valence-corrected chi connectivity index (χ3v) is 5.05. The van der Waals surface area contributed by atoms with Crippen LogP contribution in [0.5, 0.6) is 0 Å². The summed E-state index contributed by atoms with van der Waals surface area (Å²) >= 11 is 1.60. The zero-order valence-corrected chi connectivity index (χ0v) is 15.6. The van der Waals surface area contributed by atoms with Gasteiger partial charge < -0.3 is 14.8 Å². The molecule has 1 amide bonds. The Hall–Kier alpha value is -1.54. The maximum absolute atomic E-state index is 11.9. The molecule has 0 saturated carbocycles. The van der Waals surface area contributed by atoms with Gasteiger partial charge in [-0.1, -0.05) is 12.1 Å². The van der Waals surface area contributed by atoms with Gasteiger partial charge in [-0.2, -0.15) is 0 Å². The van der Waals surface area contributed by atoms with Crippen LogP contribution in [0.2, 0.25) is 0 Å². The van der Waals surface area contributed by atoms with E-state index in [1.54, 1.807) is 11.3 Å². The lowest BCUT2D eigenvalue weighted by molar-refractivity contribution is -0.126. The normalized spacial score (nSPS) is 21.5. The van der Waals surface area contributed by atoms with Crippen molar-refractivity contribution in [2.75, 3.05) is 32.8 Å². The zero-order chi connectivity index (χ0) is 17.6. The molecule has 136 valence electrons. The summed E-state index contributed by atoms with van der Waals surface area (Å²) in [6, 6.07) is 7.98. The Labute approximate surface area is 152 Å². The summed E-state index contributed by atoms with van der Waals surface area (Å²) in [6.07, 6.45) is 0.494. The van der Waals surface area contributed by atoms with Crippen molar-refractivity contribution in [3.05, 3.63) is 29.3 Å². The highest BCUT2D eigenvalue weighted by molar-refractivity contribution is 7.18. The first-order valence-corrected chi connectivity index (χ1v) is 9.48. The molecule has 1 saturated heterocycles. The molecule has 1 N–H and O–H groups in total. The van der Waals surface area contributed by atoms with Crippen molar-refractivity contribution >= 4 is 27.5 Å². The van der Waals surface area contributed by atoms with Gasteiger partial charge in [0.15, 0.2) is 0 Å². The van der Waals surface area contributed by atoms with Crippen molar-refractivity contribution in [3.63, 3.8) is 0 Å². The number of nitrogens with one attached hydrogen (secondary N) is 1. The first-order chi connectivity index (χ1) is 12.1. The third-order valence-electron chi connectivity index (χ3n) is 4.04. The molecular weight excluding hydrogens is 338 g/mol. The smallest absolute Gasteiger partial charge is 0.246 e. The average Bonchev–Trinajstić information content (AvgIpc) is 2.96. The molecule has 2 aromatic rings. The molecule has 1 aromatic heterocycles. The molecule has 6 nitrogen and oxygen atoms in total. The number of morpholine rings is 1. The second-order valence-corrected chi connectivity index (χ2v) is 7.55. The van der Waals surface area contributed by atoms with Crippen molar-refractivity contribution in [1.29, 1.82) is 0 Å². The lowest BCUT2D eigenvalue weighted by Crippen LogP contribution is -2.48. The first kappa shape index (κ1) is 18.3. The van der Waals surface area contributed by atoms with E-state index in [2.05, 4.69) is 29.0 Å². The van der Waals surface area contributed by atoms with Gasteiger partial charge in [0.2, 0.25) is 5.91 Å². The third kappa shape index (κ3) is 5.47. The lowest BCUT2D eigenvalue weighted by atomic mass is 10.2. The molecule has 25 heavy (non-hydrogen) atoms. The highest BCUT2D eigenvalue weighted by Crippen LogP contribution is 2.21. The highest BCUT2D eigenvalue weighted by Gasteiger charge is 2.21. The lowest BCUT2D eigenvalue weighted by Gasteiger charge is -2.35. The van der Waals surface area contributed by atoms with Crippen LogP contribution in [0.15, 0.2) is 24.3 Å². The topological polar surface area (TPSA) is 63.7 Å². The van der Waals surface area contributed by atoms with E-state index in [0.717, 1.165) is 34.9 Å². The van der Waals surface area contributed by atoms with Crippen LogP contribution in [-0.4, -0.2) is 60.8 Å². The number of benzene rings is 1. The fourth-order valence-electron chi connectivity index (χ4n) is 3.08. The molecule has 0 bridgehead atoms. The van der Waals surface area contributed by atoms with Gasteiger partial charge in [-0.05, 0) is 26.0 Å². The Balaban J connectivity index is 1.33. The number of fused-ring (bicyclic) bond motifs is 1.